The van der Waals surface area contributed by atoms with Crippen LogP contribution in [-0.2, 0) is 6.54 Å². The van der Waals surface area contributed by atoms with E-state index in [9.17, 15) is 4.39 Å². The number of hydrogen-bond acceptors (Lipinski definition) is 2. The largest absolute Gasteiger partial charge is 0.505 e. The summed E-state index contributed by atoms with van der Waals surface area (Å²) in [5.74, 6) is 0.679. The maximum absolute atomic E-state index is 13.2. The summed E-state index contributed by atoms with van der Waals surface area (Å²) in [4.78, 5) is 0. The van der Waals surface area contributed by atoms with Gasteiger partial charge in [0.05, 0.1) is 0 Å². The van der Waals surface area contributed by atoms with Crippen molar-refractivity contribution in [3.05, 3.63) is 29.6 Å². The van der Waals surface area contributed by atoms with E-state index in [1.807, 2.05) is 0 Å². The standard InChI is InChI=1S/C15H22FNO/c1-10-3-5-14(11(2)7-10)17-9-12-4-6-15(18)13(16)8-12/h4,6,8,10-11,14,17-18H,3,5,7,9H2,1-2H3. The van der Waals surface area contributed by atoms with Crippen LogP contribution in [0.1, 0.15) is 38.7 Å². The van der Waals surface area contributed by atoms with Crippen molar-refractivity contribution < 1.29 is 9.50 Å². The molecule has 0 heterocycles. The predicted octanol–water partition coefficient (Wildman–Crippen LogP) is 3.45. The van der Waals surface area contributed by atoms with E-state index in [0.717, 1.165) is 11.5 Å². The molecule has 1 aliphatic rings. The van der Waals surface area contributed by atoms with E-state index < -0.39 is 5.82 Å². The van der Waals surface area contributed by atoms with Crippen molar-refractivity contribution in [1.29, 1.82) is 0 Å². The number of hydrogen-bond donors (Lipinski definition) is 2. The van der Waals surface area contributed by atoms with Gasteiger partial charge in [-0.15, -0.1) is 0 Å². The molecule has 18 heavy (non-hydrogen) atoms. The molecule has 2 nitrogen and oxygen atoms in total. The van der Waals surface area contributed by atoms with Gasteiger partial charge >= 0.3 is 0 Å². The van der Waals surface area contributed by atoms with Crippen molar-refractivity contribution in [1.82, 2.24) is 5.32 Å². The Bertz CT molecular complexity index is 407. The number of benzene rings is 1. The van der Waals surface area contributed by atoms with Crippen LogP contribution in [-0.4, -0.2) is 11.1 Å². The van der Waals surface area contributed by atoms with E-state index in [1.54, 1.807) is 6.07 Å². The third-order valence-corrected chi connectivity index (χ3v) is 4.01. The summed E-state index contributed by atoms with van der Waals surface area (Å²) in [7, 11) is 0. The topological polar surface area (TPSA) is 32.3 Å². The van der Waals surface area contributed by atoms with Crippen LogP contribution in [0.25, 0.3) is 0 Å². The average Bonchev–Trinajstić information content (AvgIpc) is 2.32. The lowest BCUT2D eigenvalue weighted by atomic mass is 9.80. The normalized spacial score (nSPS) is 28.3. The minimum absolute atomic E-state index is 0.279. The maximum Gasteiger partial charge on any atom is 0.165 e. The first kappa shape index (κ1) is 13.3. The number of halogens is 1. The predicted molar refractivity (Wildman–Crippen MR) is 70.9 cm³/mol. The highest BCUT2D eigenvalue weighted by atomic mass is 19.1. The molecule has 1 saturated carbocycles. The molecule has 3 heteroatoms. The maximum atomic E-state index is 13.2. The monoisotopic (exact) mass is 251 g/mol. The first-order valence-electron chi connectivity index (χ1n) is 6.77. The van der Waals surface area contributed by atoms with E-state index in [4.69, 9.17) is 5.11 Å². The third kappa shape index (κ3) is 3.22. The van der Waals surface area contributed by atoms with Crippen LogP contribution in [0.5, 0.6) is 5.75 Å². The van der Waals surface area contributed by atoms with Crippen LogP contribution in [0.2, 0.25) is 0 Å². The molecule has 1 fully saturated rings. The lowest BCUT2D eigenvalue weighted by Crippen LogP contribution is -2.38. The van der Waals surface area contributed by atoms with Crippen molar-refractivity contribution in [3.8, 4) is 5.75 Å². The van der Waals surface area contributed by atoms with Crippen LogP contribution in [0.3, 0.4) is 0 Å². The fraction of sp³-hybridized carbons (Fsp3) is 0.600. The van der Waals surface area contributed by atoms with Gasteiger partial charge in [0.2, 0.25) is 0 Å². The fourth-order valence-corrected chi connectivity index (χ4v) is 2.88. The highest BCUT2D eigenvalue weighted by Crippen LogP contribution is 2.28. The van der Waals surface area contributed by atoms with Gasteiger partial charge in [-0.3, -0.25) is 0 Å². The van der Waals surface area contributed by atoms with Gasteiger partial charge in [0, 0.05) is 12.6 Å². The van der Waals surface area contributed by atoms with Gasteiger partial charge in [0.15, 0.2) is 11.6 Å². The minimum atomic E-state index is -0.542. The average molecular weight is 251 g/mol. The summed E-state index contributed by atoms with van der Waals surface area (Å²) in [6.45, 7) is 5.26. The number of phenols is 1. The Balaban J connectivity index is 1.89. The van der Waals surface area contributed by atoms with E-state index in [0.29, 0.717) is 18.5 Å². The number of phenolic OH excluding ortho intramolecular Hbond substituents is 1. The van der Waals surface area contributed by atoms with Crippen molar-refractivity contribution in [3.63, 3.8) is 0 Å². The highest BCUT2D eigenvalue weighted by Gasteiger charge is 2.24. The van der Waals surface area contributed by atoms with E-state index in [2.05, 4.69) is 19.2 Å². The molecule has 0 saturated heterocycles. The van der Waals surface area contributed by atoms with E-state index in [-0.39, 0.29) is 5.75 Å². The lowest BCUT2D eigenvalue weighted by molar-refractivity contribution is 0.227. The molecular formula is C15H22FNO. The summed E-state index contributed by atoms with van der Waals surface area (Å²) < 4.78 is 13.2. The Hall–Kier alpha value is -1.09. The quantitative estimate of drug-likeness (QED) is 0.862. The van der Waals surface area contributed by atoms with Gasteiger partial charge in [-0.2, -0.15) is 0 Å². The molecule has 1 aromatic carbocycles. The molecule has 2 rings (SSSR count). The summed E-state index contributed by atoms with van der Waals surface area (Å²) in [5, 5.41) is 12.6. The molecule has 0 radical (unpaired) electrons. The van der Waals surface area contributed by atoms with Crippen molar-refractivity contribution in [2.75, 3.05) is 0 Å². The molecule has 0 aromatic heterocycles. The van der Waals surface area contributed by atoms with Gasteiger partial charge in [-0.25, -0.2) is 4.39 Å². The smallest absolute Gasteiger partial charge is 0.165 e. The molecular weight excluding hydrogens is 229 g/mol. The van der Waals surface area contributed by atoms with Crippen molar-refractivity contribution in [2.45, 2.75) is 45.7 Å². The van der Waals surface area contributed by atoms with Crippen LogP contribution < -0.4 is 5.32 Å². The zero-order chi connectivity index (χ0) is 13.1. The zero-order valence-corrected chi connectivity index (χ0v) is 11.1. The van der Waals surface area contributed by atoms with Gasteiger partial charge in [-0.1, -0.05) is 19.9 Å². The summed E-state index contributed by atoms with van der Waals surface area (Å²) in [6.07, 6.45) is 3.73. The van der Waals surface area contributed by atoms with Crippen LogP contribution in [0, 0.1) is 17.7 Å². The molecule has 100 valence electrons. The van der Waals surface area contributed by atoms with Gasteiger partial charge in [0.1, 0.15) is 0 Å². The molecule has 3 atom stereocenters. The summed E-state index contributed by atoms with van der Waals surface area (Å²) in [5.41, 5.74) is 0.885. The molecule has 0 bridgehead atoms. The van der Waals surface area contributed by atoms with Crippen molar-refractivity contribution >= 4 is 0 Å². The third-order valence-electron chi connectivity index (χ3n) is 4.01. The number of rotatable bonds is 3. The van der Waals surface area contributed by atoms with Crippen LogP contribution >= 0.6 is 0 Å². The number of nitrogens with one attached hydrogen (secondary N) is 1. The fourth-order valence-electron chi connectivity index (χ4n) is 2.88. The molecule has 1 aromatic rings. The Morgan fingerprint density at radius 2 is 2.11 bits per heavy atom. The van der Waals surface area contributed by atoms with Crippen LogP contribution in [0.4, 0.5) is 4.39 Å². The Morgan fingerprint density at radius 1 is 1.33 bits per heavy atom. The minimum Gasteiger partial charge on any atom is -0.505 e. The van der Waals surface area contributed by atoms with E-state index >= 15 is 0 Å². The van der Waals surface area contributed by atoms with Gasteiger partial charge in [-0.05, 0) is 48.8 Å². The van der Waals surface area contributed by atoms with Gasteiger partial charge in [0.25, 0.3) is 0 Å². The van der Waals surface area contributed by atoms with Gasteiger partial charge < -0.3 is 10.4 Å². The second-order valence-electron chi connectivity index (χ2n) is 5.67. The lowest BCUT2D eigenvalue weighted by Gasteiger charge is -2.33. The second kappa shape index (κ2) is 5.70. The highest BCUT2D eigenvalue weighted by molar-refractivity contribution is 5.27. The van der Waals surface area contributed by atoms with Crippen molar-refractivity contribution in [2.24, 2.45) is 11.8 Å². The summed E-state index contributed by atoms with van der Waals surface area (Å²) in [6, 6.07) is 5.11. The van der Waals surface area contributed by atoms with E-state index in [1.165, 1.54) is 31.4 Å². The molecule has 1 aliphatic carbocycles. The molecule has 2 N–H and O–H groups in total. The first-order valence-corrected chi connectivity index (χ1v) is 6.77. The molecule has 0 spiro atoms. The van der Waals surface area contributed by atoms with Crippen LogP contribution in [0.15, 0.2) is 18.2 Å². The summed E-state index contributed by atoms with van der Waals surface area (Å²) >= 11 is 0. The number of aromatic hydroxyl groups is 1. The zero-order valence-electron chi connectivity index (χ0n) is 11.1. The molecule has 0 amide bonds. The molecule has 3 unspecified atom stereocenters. The SMILES string of the molecule is CC1CCC(NCc2ccc(O)c(F)c2)C(C)C1. The first-order chi connectivity index (χ1) is 8.56. The Kier molecular flexibility index (Phi) is 4.23. The molecule has 0 aliphatic heterocycles. The Labute approximate surface area is 108 Å². The Morgan fingerprint density at radius 3 is 2.78 bits per heavy atom. The second-order valence-corrected chi connectivity index (χ2v) is 5.67.